The molecule has 1 aromatic carbocycles. The number of nitrogens with zero attached hydrogens (tertiary/aromatic N) is 2. The Bertz CT molecular complexity index is 919. The van der Waals surface area contributed by atoms with Gasteiger partial charge in [0, 0.05) is 25.4 Å². The Balaban J connectivity index is 0.00000261. The third kappa shape index (κ3) is 5.67. The summed E-state index contributed by atoms with van der Waals surface area (Å²) >= 11 is 0. The molecule has 0 aliphatic carbocycles. The van der Waals surface area contributed by atoms with Gasteiger partial charge in [0.05, 0.1) is 6.54 Å². The minimum Gasteiger partial charge on any atom is -0.351 e. The molecule has 1 aromatic heterocycles. The summed E-state index contributed by atoms with van der Waals surface area (Å²) in [5.74, 6) is -0.346. The van der Waals surface area contributed by atoms with Crippen molar-refractivity contribution in [2.45, 2.75) is 19.5 Å². The molecule has 0 spiro atoms. The SMILES string of the molecule is Cl.O=C(Cn1c(=O)ccn(Cc2ccccc2)c1=O)NCC1=CCNCC1. The maximum absolute atomic E-state index is 12.6. The highest BCUT2D eigenvalue weighted by atomic mass is 35.5. The van der Waals surface area contributed by atoms with Crippen molar-refractivity contribution in [2.75, 3.05) is 19.6 Å². The monoisotopic (exact) mass is 390 g/mol. The van der Waals surface area contributed by atoms with Gasteiger partial charge in [-0.3, -0.25) is 18.7 Å². The number of hydrogen-bond donors (Lipinski definition) is 2. The summed E-state index contributed by atoms with van der Waals surface area (Å²) in [4.78, 5) is 36.8. The Morgan fingerprint density at radius 3 is 2.63 bits per heavy atom. The van der Waals surface area contributed by atoms with E-state index in [4.69, 9.17) is 0 Å². The number of aromatic nitrogens is 2. The van der Waals surface area contributed by atoms with E-state index in [1.807, 2.05) is 36.4 Å². The number of carbonyl (C=O) groups excluding carboxylic acids is 1. The van der Waals surface area contributed by atoms with Crippen molar-refractivity contribution in [1.82, 2.24) is 19.8 Å². The molecule has 1 amide bonds. The number of rotatable bonds is 6. The zero-order valence-corrected chi connectivity index (χ0v) is 15.7. The van der Waals surface area contributed by atoms with Crippen LogP contribution in [0.5, 0.6) is 0 Å². The van der Waals surface area contributed by atoms with Gasteiger partial charge >= 0.3 is 5.69 Å². The molecule has 0 saturated carbocycles. The molecule has 2 heterocycles. The van der Waals surface area contributed by atoms with Crippen molar-refractivity contribution in [1.29, 1.82) is 0 Å². The summed E-state index contributed by atoms with van der Waals surface area (Å²) in [7, 11) is 0. The van der Waals surface area contributed by atoms with Crippen LogP contribution in [0.3, 0.4) is 0 Å². The first-order chi connectivity index (χ1) is 12.6. The molecule has 2 N–H and O–H groups in total. The lowest BCUT2D eigenvalue weighted by Crippen LogP contribution is -2.43. The standard InChI is InChI=1S/C19H22N4O3.ClH/c24-17(21-12-15-6-9-20-10-7-15)14-23-18(25)8-11-22(19(23)26)13-16-4-2-1-3-5-16;/h1-6,8,11,20H,7,9-10,12-14H2,(H,21,24);1H. The number of hydrogen-bond acceptors (Lipinski definition) is 4. The summed E-state index contributed by atoms with van der Waals surface area (Å²) in [6.45, 7) is 2.21. The van der Waals surface area contributed by atoms with Crippen LogP contribution >= 0.6 is 12.4 Å². The van der Waals surface area contributed by atoms with E-state index in [1.54, 1.807) is 0 Å². The second-order valence-electron chi connectivity index (χ2n) is 6.23. The summed E-state index contributed by atoms with van der Waals surface area (Å²) in [5.41, 5.74) is 1.13. The predicted molar refractivity (Wildman–Crippen MR) is 106 cm³/mol. The van der Waals surface area contributed by atoms with Gasteiger partial charge in [0.25, 0.3) is 5.56 Å². The van der Waals surface area contributed by atoms with Crippen LogP contribution in [-0.4, -0.2) is 34.7 Å². The Kier molecular flexibility index (Phi) is 7.57. The van der Waals surface area contributed by atoms with Crippen molar-refractivity contribution in [3.63, 3.8) is 0 Å². The largest absolute Gasteiger partial charge is 0.351 e. The molecule has 1 aliphatic rings. The van der Waals surface area contributed by atoms with E-state index in [0.29, 0.717) is 13.1 Å². The van der Waals surface area contributed by atoms with Crippen LogP contribution in [0.4, 0.5) is 0 Å². The fourth-order valence-corrected chi connectivity index (χ4v) is 2.84. The fraction of sp³-hybridized carbons (Fsp3) is 0.316. The lowest BCUT2D eigenvalue weighted by Gasteiger charge is -2.15. The van der Waals surface area contributed by atoms with Crippen LogP contribution in [0.25, 0.3) is 0 Å². The highest BCUT2D eigenvalue weighted by molar-refractivity contribution is 5.85. The fourth-order valence-electron chi connectivity index (χ4n) is 2.84. The molecule has 7 nitrogen and oxygen atoms in total. The molecule has 0 bridgehead atoms. The maximum atomic E-state index is 12.6. The van der Waals surface area contributed by atoms with E-state index in [2.05, 4.69) is 10.6 Å². The maximum Gasteiger partial charge on any atom is 0.331 e. The molecule has 0 unspecified atom stereocenters. The second kappa shape index (κ2) is 9.89. The average molecular weight is 391 g/mol. The van der Waals surface area contributed by atoms with Gasteiger partial charge in [-0.1, -0.05) is 42.0 Å². The first-order valence-corrected chi connectivity index (χ1v) is 8.63. The minimum absolute atomic E-state index is 0. The summed E-state index contributed by atoms with van der Waals surface area (Å²) in [6.07, 6.45) is 4.40. The van der Waals surface area contributed by atoms with Crippen molar-refractivity contribution >= 4 is 18.3 Å². The Hall–Kier alpha value is -2.64. The zero-order chi connectivity index (χ0) is 18.4. The molecule has 0 radical (unpaired) electrons. The van der Waals surface area contributed by atoms with E-state index in [0.717, 1.165) is 35.2 Å². The van der Waals surface area contributed by atoms with Crippen molar-refractivity contribution in [3.8, 4) is 0 Å². The van der Waals surface area contributed by atoms with Crippen LogP contribution in [0, 0.1) is 0 Å². The number of benzene rings is 1. The average Bonchev–Trinajstić information content (AvgIpc) is 2.67. The first-order valence-electron chi connectivity index (χ1n) is 8.63. The zero-order valence-electron chi connectivity index (χ0n) is 14.9. The number of amides is 1. The molecule has 27 heavy (non-hydrogen) atoms. The van der Waals surface area contributed by atoms with Crippen LogP contribution in [0.2, 0.25) is 0 Å². The highest BCUT2D eigenvalue weighted by Gasteiger charge is 2.11. The lowest BCUT2D eigenvalue weighted by atomic mass is 10.1. The predicted octanol–water partition coefficient (Wildman–Crippen LogP) is 0.516. The third-order valence-electron chi connectivity index (χ3n) is 4.31. The van der Waals surface area contributed by atoms with E-state index in [9.17, 15) is 14.4 Å². The van der Waals surface area contributed by atoms with Crippen LogP contribution in [0.15, 0.2) is 63.8 Å². The van der Waals surface area contributed by atoms with Gasteiger partial charge in [0.2, 0.25) is 5.91 Å². The van der Waals surface area contributed by atoms with Crippen molar-refractivity contribution in [2.24, 2.45) is 0 Å². The van der Waals surface area contributed by atoms with E-state index in [1.165, 1.54) is 16.8 Å². The number of carbonyl (C=O) groups is 1. The summed E-state index contributed by atoms with van der Waals surface area (Å²) < 4.78 is 2.40. The summed E-state index contributed by atoms with van der Waals surface area (Å²) in [5, 5.41) is 5.99. The molecule has 0 atom stereocenters. The van der Waals surface area contributed by atoms with Crippen LogP contribution in [-0.2, 0) is 17.9 Å². The first kappa shape index (κ1) is 20.7. The van der Waals surface area contributed by atoms with E-state index in [-0.39, 0.29) is 24.9 Å². The van der Waals surface area contributed by atoms with Crippen molar-refractivity contribution in [3.05, 3.63) is 80.6 Å². The molecule has 2 aromatic rings. The Labute approximate surface area is 163 Å². The molecular formula is C19H23ClN4O3. The van der Waals surface area contributed by atoms with Crippen molar-refractivity contribution < 1.29 is 4.79 Å². The van der Waals surface area contributed by atoms with Gasteiger partial charge in [0.1, 0.15) is 6.54 Å². The second-order valence-corrected chi connectivity index (χ2v) is 6.23. The topological polar surface area (TPSA) is 85.1 Å². The molecule has 8 heteroatoms. The van der Waals surface area contributed by atoms with Gasteiger partial charge < -0.3 is 10.6 Å². The quantitative estimate of drug-likeness (QED) is 0.704. The molecule has 0 fully saturated rings. The van der Waals surface area contributed by atoms with Gasteiger partial charge in [0.15, 0.2) is 0 Å². The van der Waals surface area contributed by atoms with Gasteiger partial charge in [-0.25, -0.2) is 4.79 Å². The van der Waals surface area contributed by atoms with Gasteiger partial charge in [-0.15, -0.1) is 12.4 Å². The third-order valence-corrected chi connectivity index (χ3v) is 4.31. The summed E-state index contributed by atoms with van der Waals surface area (Å²) in [6, 6.07) is 10.8. The normalized spacial score (nSPS) is 13.4. The Morgan fingerprint density at radius 1 is 1.15 bits per heavy atom. The van der Waals surface area contributed by atoms with Gasteiger partial charge in [-0.05, 0) is 18.5 Å². The van der Waals surface area contributed by atoms with Crippen LogP contribution in [0.1, 0.15) is 12.0 Å². The van der Waals surface area contributed by atoms with E-state index < -0.39 is 11.2 Å². The minimum atomic E-state index is -0.488. The highest BCUT2D eigenvalue weighted by Crippen LogP contribution is 2.02. The van der Waals surface area contributed by atoms with Crippen LogP contribution < -0.4 is 21.9 Å². The molecule has 3 rings (SSSR count). The molecule has 0 saturated heterocycles. The number of nitrogens with one attached hydrogen (secondary N) is 2. The Morgan fingerprint density at radius 2 is 1.93 bits per heavy atom. The lowest BCUT2D eigenvalue weighted by molar-refractivity contribution is -0.121. The molecular weight excluding hydrogens is 368 g/mol. The molecule has 1 aliphatic heterocycles. The smallest absolute Gasteiger partial charge is 0.331 e. The van der Waals surface area contributed by atoms with Gasteiger partial charge in [-0.2, -0.15) is 0 Å². The molecule has 144 valence electrons. The number of halogens is 1. The van der Waals surface area contributed by atoms with E-state index >= 15 is 0 Å².